The molecule has 1 fully saturated rings. The molecule has 0 bridgehead atoms. The standard InChI is InChI=1S/C22H24N4O/c1-16-13-21(19-9-5-6-10-20(19)23-16)25-22(27)24-18-11-12-26(15-18)14-17-7-3-2-4-8-17/h2-10,13,18H,11-12,14-15H2,1H3,(H2,23,24,25,27)/t18-/m1/s1. The number of hydrogen-bond acceptors (Lipinski definition) is 3. The van der Waals surface area contributed by atoms with Gasteiger partial charge in [-0.1, -0.05) is 48.5 Å². The molecule has 0 unspecified atom stereocenters. The first kappa shape index (κ1) is 17.5. The van der Waals surface area contributed by atoms with Gasteiger partial charge in [0.05, 0.1) is 11.2 Å². The lowest BCUT2D eigenvalue weighted by atomic mass is 10.1. The smallest absolute Gasteiger partial charge is 0.319 e. The Hall–Kier alpha value is -2.92. The van der Waals surface area contributed by atoms with Crippen LogP contribution in [-0.4, -0.2) is 35.0 Å². The van der Waals surface area contributed by atoms with E-state index in [0.717, 1.165) is 48.3 Å². The largest absolute Gasteiger partial charge is 0.334 e. The maximum atomic E-state index is 12.5. The molecule has 1 aromatic heterocycles. The minimum atomic E-state index is -0.155. The number of nitrogens with one attached hydrogen (secondary N) is 2. The number of likely N-dealkylation sites (tertiary alicyclic amines) is 1. The third-order valence-corrected chi connectivity index (χ3v) is 4.95. The van der Waals surface area contributed by atoms with Crippen LogP contribution in [0.2, 0.25) is 0 Å². The zero-order valence-electron chi connectivity index (χ0n) is 15.5. The van der Waals surface area contributed by atoms with Gasteiger partial charge in [-0.15, -0.1) is 0 Å². The second-order valence-electron chi connectivity index (χ2n) is 7.13. The number of pyridine rings is 1. The van der Waals surface area contributed by atoms with Crippen LogP contribution in [0.3, 0.4) is 0 Å². The van der Waals surface area contributed by atoms with Crippen LogP contribution in [0.1, 0.15) is 17.7 Å². The Morgan fingerprint density at radius 1 is 1.15 bits per heavy atom. The first-order valence-electron chi connectivity index (χ1n) is 9.37. The number of anilines is 1. The topological polar surface area (TPSA) is 57.3 Å². The fourth-order valence-corrected chi connectivity index (χ4v) is 3.69. The normalized spacial score (nSPS) is 17.1. The summed E-state index contributed by atoms with van der Waals surface area (Å²) in [7, 11) is 0. The minimum absolute atomic E-state index is 0.155. The van der Waals surface area contributed by atoms with Crippen LogP contribution >= 0.6 is 0 Å². The average molecular weight is 360 g/mol. The fraction of sp³-hybridized carbons (Fsp3) is 0.273. The SMILES string of the molecule is Cc1cc(NC(=O)N[C@@H]2CCN(Cc3ccccc3)C2)c2ccccc2n1. The van der Waals surface area contributed by atoms with Crippen LogP contribution < -0.4 is 10.6 Å². The van der Waals surface area contributed by atoms with Crippen molar-refractivity contribution in [3.8, 4) is 0 Å². The summed E-state index contributed by atoms with van der Waals surface area (Å²) >= 11 is 0. The molecule has 3 aromatic rings. The molecule has 4 rings (SSSR count). The van der Waals surface area contributed by atoms with E-state index >= 15 is 0 Å². The molecular weight excluding hydrogens is 336 g/mol. The number of hydrogen-bond donors (Lipinski definition) is 2. The first-order valence-corrected chi connectivity index (χ1v) is 9.37. The molecule has 2 amide bonds. The van der Waals surface area contributed by atoms with Crippen LogP contribution in [-0.2, 0) is 6.54 Å². The molecule has 0 aliphatic carbocycles. The average Bonchev–Trinajstić information content (AvgIpc) is 3.09. The summed E-state index contributed by atoms with van der Waals surface area (Å²) in [5.74, 6) is 0. The third-order valence-electron chi connectivity index (χ3n) is 4.95. The zero-order valence-corrected chi connectivity index (χ0v) is 15.5. The van der Waals surface area contributed by atoms with Gasteiger partial charge in [0, 0.05) is 36.8 Å². The van der Waals surface area contributed by atoms with Crippen molar-refractivity contribution in [2.24, 2.45) is 0 Å². The summed E-state index contributed by atoms with van der Waals surface area (Å²) in [6, 6.07) is 20.2. The van der Waals surface area contributed by atoms with Gasteiger partial charge in [0.25, 0.3) is 0 Å². The van der Waals surface area contributed by atoms with E-state index in [-0.39, 0.29) is 12.1 Å². The zero-order chi connectivity index (χ0) is 18.6. The van der Waals surface area contributed by atoms with Crippen molar-refractivity contribution in [3.63, 3.8) is 0 Å². The second-order valence-corrected chi connectivity index (χ2v) is 7.13. The van der Waals surface area contributed by atoms with Gasteiger partial charge < -0.3 is 10.6 Å². The van der Waals surface area contributed by atoms with Gasteiger partial charge in [0.1, 0.15) is 0 Å². The quantitative estimate of drug-likeness (QED) is 0.741. The van der Waals surface area contributed by atoms with E-state index in [1.807, 2.05) is 43.3 Å². The number of rotatable bonds is 4. The number of carbonyl (C=O) groups excluding carboxylic acids is 1. The summed E-state index contributed by atoms with van der Waals surface area (Å²) in [6.07, 6.45) is 0.969. The summed E-state index contributed by atoms with van der Waals surface area (Å²) in [5.41, 5.74) is 3.89. The number of aromatic nitrogens is 1. The molecule has 0 saturated carbocycles. The van der Waals surface area contributed by atoms with Crippen molar-refractivity contribution in [1.29, 1.82) is 0 Å². The van der Waals surface area contributed by atoms with Gasteiger partial charge in [0.15, 0.2) is 0 Å². The summed E-state index contributed by atoms with van der Waals surface area (Å²) in [5, 5.41) is 7.08. The van der Waals surface area contributed by atoms with Gasteiger partial charge in [-0.2, -0.15) is 0 Å². The Morgan fingerprint density at radius 2 is 1.93 bits per heavy atom. The number of carbonyl (C=O) groups is 1. The van der Waals surface area contributed by atoms with Crippen molar-refractivity contribution in [2.45, 2.75) is 25.9 Å². The molecule has 1 aliphatic rings. The van der Waals surface area contributed by atoms with Crippen molar-refractivity contribution < 1.29 is 4.79 Å². The molecule has 2 N–H and O–H groups in total. The van der Waals surface area contributed by atoms with Gasteiger partial charge in [-0.25, -0.2) is 4.79 Å². The van der Waals surface area contributed by atoms with E-state index in [1.54, 1.807) is 0 Å². The van der Waals surface area contributed by atoms with E-state index in [2.05, 4.69) is 44.8 Å². The lowest BCUT2D eigenvalue weighted by Gasteiger charge is -2.17. The molecule has 5 heteroatoms. The number of fused-ring (bicyclic) bond motifs is 1. The highest BCUT2D eigenvalue weighted by Gasteiger charge is 2.24. The van der Waals surface area contributed by atoms with Crippen LogP contribution in [0.5, 0.6) is 0 Å². The maximum Gasteiger partial charge on any atom is 0.319 e. The fourth-order valence-electron chi connectivity index (χ4n) is 3.69. The molecule has 27 heavy (non-hydrogen) atoms. The Bertz CT molecular complexity index is 941. The third kappa shape index (κ3) is 4.26. The van der Waals surface area contributed by atoms with Crippen LogP contribution in [0.4, 0.5) is 10.5 Å². The highest BCUT2D eigenvalue weighted by atomic mass is 16.2. The van der Waals surface area contributed by atoms with E-state index in [1.165, 1.54) is 5.56 Å². The number of benzene rings is 2. The number of para-hydroxylation sites is 1. The number of nitrogens with zero attached hydrogens (tertiary/aromatic N) is 2. The van der Waals surface area contributed by atoms with Gasteiger partial charge in [-0.3, -0.25) is 9.88 Å². The number of urea groups is 1. The monoisotopic (exact) mass is 360 g/mol. The second kappa shape index (κ2) is 7.76. The number of amides is 2. The van der Waals surface area contributed by atoms with E-state index in [9.17, 15) is 4.79 Å². The molecule has 1 saturated heterocycles. The predicted molar refractivity (Wildman–Crippen MR) is 109 cm³/mol. The van der Waals surface area contributed by atoms with Gasteiger partial charge in [0.2, 0.25) is 0 Å². The highest BCUT2D eigenvalue weighted by molar-refractivity contribution is 6.00. The molecule has 5 nitrogen and oxygen atoms in total. The first-order chi connectivity index (χ1) is 13.2. The van der Waals surface area contributed by atoms with E-state index in [0.29, 0.717) is 0 Å². The Morgan fingerprint density at radius 3 is 2.78 bits per heavy atom. The minimum Gasteiger partial charge on any atom is -0.334 e. The molecule has 138 valence electrons. The van der Waals surface area contributed by atoms with Crippen molar-refractivity contribution in [3.05, 3.63) is 71.9 Å². The van der Waals surface area contributed by atoms with Gasteiger partial charge in [-0.05, 0) is 31.0 Å². The van der Waals surface area contributed by atoms with Crippen molar-refractivity contribution in [2.75, 3.05) is 18.4 Å². The molecule has 0 radical (unpaired) electrons. The Balaban J connectivity index is 1.36. The lowest BCUT2D eigenvalue weighted by molar-refractivity contribution is 0.247. The summed E-state index contributed by atoms with van der Waals surface area (Å²) in [4.78, 5) is 19.4. The predicted octanol–water partition coefficient (Wildman–Crippen LogP) is 3.94. The molecule has 1 aliphatic heterocycles. The summed E-state index contributed by atoms with van der Waals surface area (Å²) < 4.78 is 0. The van der Waals surface area contributed by atoms with E-state index in [4.69, 9.17) is 0 Å². The molecule has 2 heterocycles. The molecular formula is C22H24N4O. The van der Waals surface area contributed by atoms with Crippen LogP contribution in [0.15, 0.2) is 60.7 Å². The Labute approximate surface area is 159 Å². The van der Waals surface area contributed by atoms with Crippen molar-refractivity contribution >= 4 is 22.6 Å². The highest BCUT2D eigenvalue weighted by Crippen LogP contribution is 2.23. The van der Waals surface area contributed by atoms with Crippen LogP contribution in [0, 0.1) is 6.92 Å². The van der Waals surface area contributed by atoms with Crippen LogP contribution in [0.25, 0.3) is 10.9 Å². The Kier molecular flexibility index (Phi) is 5.03. The van der Waals surface area contributed by atoms with E-state index < -0.39 is 0 Å². The summed E-state index contributed by atoms with van der Waals surface area (Å²) in [6.45, 7) is 4.73. The number of aryl methyl sites for hydroxylation is 1. The molecule has 0 spiro atoms. The van der Waals surface area contributed by atoms with Crippen molar-refractivity contribution in [1.82, 2.24) is 15.2 Å². The van der Waals surface area contributed by atoms with Gasteiger partial charge >= 0.3 is 6.03 Å². The maximum absolute atomic E-state index is 12.5. The molecule has 2 aromatic carbocycles. The molecule has 1 atom stereocenters. The lowest BCUT2D eigenvalue weighted by Crippen LogP contribution is -2.39.